The monoisotopic (exact) mass is 372 g/mol. The number of aryl methyl sites for hydroxylation is 1. The van der Waals surface area contributed by atoms with Crippen LogP contribution in [0.25, 0.3) is 33.0 Å². The Balaban J connectivity index is 2.04. The van der Waals surface area contributed by atoms with Gasteiger partial charge in [-0.15, -0.1) is 0 Å². The lowest BCUT2D eigenvalue weighted by Crippen LogP contribution is -1.90. The molecule has 0 aromatic heterocycles. The van der Waals surface area contributed by atoms with Crippen molar-refractivity contribution in [2.75, 3.05) is 0 Å². The molecule has 116 valence electrons. The van der Waals surface area contributed by atoms with Crippen molar-refractivity contribution >= 4 is 26.7 Å². The number of hydrogen-bond donors (Lipinski definition) is 0. The third-order valence-electron chi connectivity index (χ3n) is 4.46. The molecule has 4 aromatic carbocycles. The molecule has 0 radical (unpaired) electrons. The molecule has 0 heterocycles. The minimum Gasteiger partial charge on any atom is -0.0622 e. The molecule has 0 amide bonds. The summed E-state index contributed by atoms with van der Waals surface area (Å²) in [5.74, 6) is 0. The van der Waals surface area contributed by atoms with Crippen LogP contribution >= 0.6 is 15.9 Å². The van der Waals surface area contributed by atoms with Gasteiger partial charge in [0.1, 0.15) is 0 Å². The minimum absolute atomic E-state index is 1.11. The van der Waals surface area contributed by atoms with E-state index < -0.39 is 0 Å². The van der Waals surface area contributed by atoms with Crippen LogP contribution in [0.3, 0.4) is 0 Å². The van der Waals surface area contributed by atoms with E-state index in [-0.39, 0.29) is 0 Å². The Bertz CT molecular complexity index is 999. The molecular weight excluding hydrogens is 356 g/mol. The molecule has 4 aromatic rings. The minimum atomic E-state index is 1.11. The van der Waals surface area contributed by atoms with Crippen LogP contribution in [0.5, 0.6) is 0 Å². The van der Waals surface area contributed by atoms with Crippen LogP contribution in [-0.2, 0) is 0 Å². The van der Waals surface area contributed by atoms with Gasteiger partial charge in [0.05, 0.1) is 0 Å². The average molecular weight is 373 g/mol. The second-order valence-electron chi connectivity index (χ2n) is 6.03. The summed E-state index contributed by atoms with van der Waals surface area (Å²) in [7, 11) is 0. The highest BCUT2D eigenvalue weighted by Crippen LogP contribution is 2.38. The Morgan fingerprint density at radius 2 is 1.25 bits per heavy atom. The van der Waals surface area contributed by atoms with E-state index in [9.17, 15) is 0 Å². The smallest absolute Gasteiger partial charge is 0.0175 e. The topological polar surface area (TPSA) is 0 Å². The van der Waals surface area contributed by atoms with E-state index in [1.807, 2.05) is 0 Å². The van der Waals surface area contributed by atoms with Crippen LogP contribution in [0.1, 0.15) is 5.56 Å². The van der Waals surface area contributed by atoms with Crippen molar-refractivity contribution in [1.82, 2.24) is 0 Å². The summed E-state index contributed by atoms with van der Waals surface area (Å²) in [5.41, 5.74) is 6.43. The Morgan fingerprint density at radius 3 is 1.96 bits per heavy atom. The molecule has 0 saturated carbocycles. The zero-order valence-electron chi connectivity index (χ0n) is 13.5. The van der Waals surface area contributed by atoms with Gasteiger partial charge in [0.15, 0.2) is 0 Å². The van der Waals surface area contributed by atoms with Crippen molar-refractivity contribution < 1.29 is 0 Å². The summed E-state index contributed by atoms with van der Waals surface area (Å²) in [6, 6.07) is 30.2. The molecule has 0 fully saturated rings. The molecule has 1 heteroatoms. The van der Waals surface area contributed by atoms with Crippen molar-refractivity contribution in [3.63, 3.8) is 0 Å². The van der Waals surface area contributed by atoms with Crippen LogP contribution in [0.15, 0.2) is 89.4 Å². The molecule has 4 rings (SSSR count). The summed E-state index contributed by atoms with van der Waals surface area (Å²) in [6.07, 6.45) is 0. The molecule has 0 aliphatic heterocycles. The third kappa shape index (κ3) is 2.65. The van der Waals surface area contributed by atoms with Gasteiger partial charge >= 0.3 is 0 Å². The summed E-state index contributed by atoms with van der Waals surface area (Å²) >= 11 is 3.53. The number of fused-ring (bicyclic) bond motifs is 1. The molecule has 0 nitrogen and oxygen atoms in total. The Morgan fingerprint density at radius 1 is 0.625 bits per heavy atom. The van der Waals surface area contributed by atoms with Gasteiger partial charge < -0.3 is 0 Å². The fraction of sp³-hybridized carbons (Fsp3) is 0.0435. The largest absolute Gasteiger partial charge is 0.0622 e. The second-order valence-corrected chi connectivity index (χ2v) is 6.95. The van der Waals surface area contributed by atoms with Crippen LogP contribution in [-0.4, -0.2) is 0 Å². The van der Waals surface area contributed by atoms with Crippen LogP contribution in [0, 0.1) is 6.92 Å². The van der Waals surface area contributed by atoms with Gasteiger partial charge in [0.2, 0.25) is 0 Å². The first-order chi connectivity index (χ1) is 11.7. The van der Waals surface area contributed by atoms with E-state index in [4.69, 9.17) is 0 Å². The summed E-state index contributed by atoms with van der Waals surface area (Å²) in [5, 5.41) is 2.60. The molecule has 0 spiro atoms. The lowest BCUT2D eigenvalue weighted by molar-refractivity contribution is 1.48. The van der Waals surface area contributed by atoms with Gasteiger partial charge in [0, 0.05) is 4.47 Å². The standard InChI is InChI=1S/C23H17Br/c1-16-15-22(17-7-3-2-4-8-17)20-9-5-6-10-21(20)23(16)18-11-13-19(24)14-12-18/h2-15H,1H3. The van der Waals surface area contributed by atoms with Crippen molar-refractivity contribution in [2.45, 2.75) is 6.92 Å². The van der Waals surface area contributed by atoms with E-state index >= 15 is 0 Å². The van der Waals surface area contributed by atoms with Gasteiger partial charge in [-0.25, -0.2) is 0 Å². The molecule has 0 aliphatic carbocycles. The summed E-state index contributed by atoms with van der Waals surface area (Å²) in [6.45, 7) is 2.20. The predicted molar refractivity (Wildman–Crippen MR) is 107 cm³/mol. The van der Waals surface area contributed by atoms with E-state index in [1.54, 1.807) is 0 Å². The zero-order valence-corrected chi connectivity index (χ0v) is 15.0. The van der Waals surface area contributed by atoms with E-state index in [0.29, 0.717) is 0 Å². The molecule has 0 aliphatic rings. The first-order valence-corrected chi connectivity index (χ1v) is 8.87. The van der Waals surface area contributed by atoms with E-state index in [2.05, 4.69) is 108 Å². The van der Waals surface area contributed by atoms with E-state index in [1.165, 1.54) is 38.6 Å². The number of benzene rings is 4. The number of rotatable bonds is 2. The maximum atomic E-state index is 3.53. The highest BCUT2D eigenvalue weighted by atomic mass is 79.9. The first-order valence-electron chi connectivity index (χ1n) is 8.08. The average Bonchev–Trinajstić information content (AvgIpc) is 2.63. The molecule has 0 unspecified atom stereocenters. The highest BCUT2D eigenvalue weighted by molar-refractivity contribution is 9.10. The maximum absolute atomic E-state index is 3.53. The third-order valence-corrected chi connectivity index (χ3v) is 4.99. The highest BCUT2D eigenvalue weighted by Gasteiger charge is 2.12. The van der Waals surface area contributed by atoms with Crippen molar-refractivity contribution in [3.05, 3.63) is 95.0 Å². The normalized spacial score (nSPS) is 10.9. The maximum Gasteiger partial charge on any atom is 0.0175 e. The second kappa shape index (κ2) is 6.26. The van der Waals surface area contributed by atoms with Crippen LogP contribution in [0.2, 0.25) is 0 Å². The lowest BCUT2D eigenvalue weighted by Gasteiger charge is -2.15. The molecule has 0 N–H and O–H groups in total. The first kappa shape index (κ1) is 15.2. The van der Waals surface area contributed by atoms with Crippen LogP contribution in [0.4, 0.5) is 0 Å². The summed E-state index contributed by atoms with van der Waals surface area (Å²) < 4.78 is 1.11. The lowest BCUT2D eigenvalue weighted by atomic mass is 9.89. The fourth-order valence-corrected chi connectivity index (χ4v) is 3.64. The fourth-order valence-electron chi connectivity index (χ4n) is 3.37. The summed E-state index contributed by atoms with van der Waals surface area (Å²) in [4.78, 5) is 0. The van der Waals surface area contributed by atoms with Gasteiger partial charge in [-0.2, -0.15) is 0 Å². The van der Waals surface area contributed by atoms with Crippen molar-refractivity contribution in [2.24, 2.45) is 0 Å². The predicted octanol–water partition coefficient (Wildman–Crippen LogP) is 7.24. The number of hydrogen-bond acceptors (Lipinski definition) is 0. The van der Waals surface area contributed by atoms with Gasteiger partial charge in [-0.05, 0) is 57.6 Å². The molecule has 0 bridgehead atoms. The van der Waals surface area contributed by atoms with E-state index in [0.717, 1.165) is 4.47 Å². The Labute approximate surface area is 150 Å². The van der Waals surface area contributed by atoms with Crippen molar-refractivity contribution in [1.29, 1.82) is 0 Å². The van der Waals surface area contributed by atoms with Crippen molar-refractivity contribution in [3.8, 4) is 22.3 Å². The Hall–Kier alpha value is -2.38. The zero-order chi connectivity index (χ0) is 16.5. The molecule has 24 heavy (non-hydrogen) atoms. The van der Waals surface area contributed by atoms with Gasteiger partial charge in [0.25, 0.3) is 0 Å². The quantitative estimate of drug-likeness (QED) is 0.347. The van der Waals surface area contributed by atoms with Gasteiger partial charge in [-0.1, -0.05) is 88.7 Å². The molecule has 0 atom stereocenters. The number of halogens is 1. The van der Waals surface area contributed by atoms with Gasteiger partial charge in [-0.3, -0.25) is 0 Å². The molecule has 0 saturated heterocycles. The SMILES string of the molecule is Cc1cc(-c2ccccc2)c2ccccc2c1-c1ccc(Br)cc1. The Kier molecular flexibility index (Phi) is 3.95. The molecular formula is C23H17Br. The van der Waals surface area contributed by atoms with Crippen LogP contribution < -0.4 is 0 Å².